The van der Waals surface area contributed by atoms with Crippen molar-refractivity contribution in [3.8, 4) is 5.69 Å². The molecule has 2 heterocycles. The minimum atomic E-state index is -0.235. The Kier molecular flexibility index (Phi) is 3.87. The van der Waals surface area contributed by atoms with E-state index in [1.54, 1.807) is 47.3 Å². The van der Waals surface area contributed by atoms with Gasteiger partial charge in [-0.1, -0.05) is 28.9 Å². The van der Waals surface area contributed by atoms with E-state index < -0.39 is 0 Å². The molecular formula is C18H12ClN5O. The van der Waals surface area contributed by atoms with Crippen LogP contribution in [-0.4, -0.2) is 25.9 Å². The number of carbonyl (C=O) groups excluding carboxylic acids is 1. The highest BCUT2D eigenvalue weighted by atomic mass is 35.5. The lowest BCUT2D eigenvalue weighted by Crippen LogP contribution is -2.12. The van der Waals surface area contributed by atoms with Crippen molar-refractivity contribution in [1.29, 1.82) is 0 Å². The molecule has 0 unspecified atom stereocenters. The summed E-state index contributed by atoms with van der Waals surface area (Å²) in [6.07, 6.45) is 1.69. The van der Waals surface area contributed by atoms with Gasteiger partial charge < -0.3 is 5.32 Å². The molecule has 2 aromatic heterocycles. The number of benzene rings is 2. The maximum absolute atomic E-state index is 12.4. The second-order valence-corrected chi connectivity index (χ2v) is 5.74. The molecule has 4 rings (SSSR count). The van der Waals surface area contributed by atoms with E-state index in [1.165, 1.54) is 0 Å². The smallest absolute Gasteiger partial charge is 0.255 e. The highest BCUT2D eigenvalue weighted by Crippen LogP contribution is 2.21. The minimum absolute atomic E-state index is 0.235. The van der Waals surface area contributed by atoms with Gasteiger partial charge in [-0.25, -0.2) is 4.98 Å². The molecule has 0 spiro atoms. The van der Waals surface area contributed by atoms with E-state index in [1.807, 2.05) is 24.3 Å². The van der Waals surface area contributed by atoms with Crippen LogP contribution >= 0.6 is 11.6 Å². The molecule has 0 saturated heterocycles. The second-order valence-electron chi connectivity index (χ2n) is 5.33. The quantitative estimate of drug-likeness (QED) is 0.611. The summed E-state index contributed by atoms with van der Waals surface area (Å²) in [5.74, 6) is -0.235. The van der Waals surface area contributed by atoms with Crippen LogP contribution < -0.4 is 5.32 Å². The Balaban J connectivity index is 1.60. The average Bonchev–Trinajstić information content (AvgIpc) is 3.08. The van der Waals surface area contributed by atoms with Crippen LogP contribution in [0.1, 0.15) is 10.4 Å². The number of fused-ring (bicyclic) bond motifs is 1. The van der Waals surface area contributed by atoms with E-state index in [2.05, 4.69) is 20.6 Å². The molecule has 0 aliphatic carbocycles. The van der Waals surface area contributed by atoms with Crippen LogP contribution in [0.3, 0.4) is 0 Å². The molecule has 0 radical (unpaired) electrons. The third kappa shape index (κ3) is 2.95. The molecule has 122 valence electrons. The van der Waals surface area contributed by atoms with E-state index in [-0.39, 0.29) is 5.91 Å². The minimum Gasteiger partial charge on any atom is -0.321 e. The number of hydrogen-bond donors (Lipinski definition) is 1. The number of carbonyl (C=O) groups is 1. The van der Waals surface area contributed by atoms with Gasteiger partial charge in [-0.3, -0.25) is 4.79 Å². The third-order valence-electron chi connectivity index (χ3n) is 3.70. The first-order valence-electron chi connectivity index (χ1n) is 7.55. The van der Waals surface area contributed by atoms with Crippen LogP contribution in [-0.2, 0) is 0 Å². The van der Waals surface area contributed by atoms with Crippen LogP contribution in [0.25, 0.3) is 16.9 Å². The van der Waals surface area contributed by atoms with E-state index in [0.717, 1.165) is 5.69 Å². The number of nitrogens with one attached hydrogen (secondary N) is 1. The maximum atomic E-state index is 12.4. The zero-order valence-corrected chi connectivity index (χ0v) is 13.7. The van der Waals surface area contributed by atoms with Crippen LogP contribution in [0.2, 0.25) is 5.02 Å². The van der Waals surface area contributed by atoms with E-state index in [9.17, 15) is 4.79 Å². The van der Waals surface area contributed by atoms with Crippen molar-refractivity contribution in [3.05, 3.63) is 77.4 Å². The molecule has 0 fully saturated rings. The third-order valence-corrected chi connectivity index (χ3v) is 4.03. The van der Waals surface area contributed by atoms with Gasteiger partial charge in [0, 0.05) is 11.8 Å². The molecule has 0 aliphatic rings. The fraction of sp³-hybridized carbons (Fsp3) is 0. The predicted molar refractivity (Wildman–Crippen MR) is 96.1 cm³/mol. The number of nitrogens with zero attached hydrogens (tertiary/aromatic N) is 4. The van der Waals surface area contributed by atoms with E-state index in [4.69, 9.17) is 11.6 Å². The Morgan fingerprint density at radius 1 is 1.00 bits per heavy atom. The topological polar surface area (TPSA) is 72.7 Å². The lowest BCUT2D eigenvalue weighted by molar-refractivity contribution is 0.102. The largest absolute Gasteiger partial charge is 0.321 e. The standard InChI is InChI=1S/C18H12ClN5O/c19-14-4-1-2-5-15(14)21-18(25)12-7-9-13(10-8-12)24-17-16(22-23-24)6-3-11-20-17/h1-11H,(H,21,25). The Bertz CT molecular complexity index is 1060. The van der Waals surface area contributed by atoms with Gasteiger partial charge >= 0.3 is 0 Å². The number of anilines is 1. The first-order valence-corrected chi connectivity index (χ1v) is 7.93. The maximum Gasteiger partial charge on any atom is 0.255 e. The number of amides is 1. The Morgan fingerprint density at radius 2 is 1.80 bits per heavy atom. The Labute approximate surface area is 148 Å². The van der Waals surface area contributed by atoms with Gasteiger partial charge in [0.2, 0.25) is 0 Å². The van der Waals surface area contributed by atoms with Crippen LogP contribution in [0.4, 0.5) is 5.69 Å². The van der Waals surface area contributed by atoms with Crippen LogP contribution in [0, 0.1) is 0 Å². The summed E-state index contributed by atoms with van der Waals surface area (Å²) in [7, 11) is 0. The van der Waals surface area contributed by atoms with Crippen molar-refractivity contribution in [2.24, 2.45) is 0 Å². The Morgan fingerprint density at radius 3 is 2.60 bits per heavy atom. The molecule has 0 saturated carbocycles. The summed E-state index contributed by atoms with van der Waals surface area (Å²) in [5.41, 5.74) is 3.24. The molecule has 0 bridgehead atoms. The summed E-state index contributed by atoms with van der Waals surface area (Å²) in [5, 5.41) is 11.5. The van der Waals surface area contributed by atoms with Crippen molar-refractivity contribution in [2.45, 2.75) is 0 Å². The number of aromatic nitrogens is 4. The lowest BCUT2D eigenvalue weighted by Gasteiger charge is -2.08. The molecule has 2 aromatic carbocycles. The van der Waals surface area contributed by atoms with Gasteiger partial charge in [-0.15, -0.1) is 5.10 Å². The monoisotopic (exact) mass is 349 g/mol. The van der Waals surface area contributed by atoms with Crippen LogP contribution in [0.5, 0.6) is 0 Å². The number of rotatable bonds is 3. The molecule has 4 aromatic rings. The first kappa shape index (κ1) is 15.3. The van der Waals surface area contributed by atoms with Gasteiger partial charge in [0.25, 0.3) is 5.91 Å². The predicted octanol–water partition coefficient (Wildman–Crippen LogP) is 3.72. The molecule has 7 heteroatoms. The summed E-state index contributed by atoms with van der Waals surface area (Å²) in [6, 6.07) is 17.8. The number of halogens is 1. The molecular weight excluding hydrogens is 338 g/mol. The molecule has 1 N–H and O–H groups in total. The highest BCUT2D eigenvalue weighted by Gasteiger charge is 2.10. The van der Waals surface area contributed by atoms with Crippen molar-refractivity contribution >= 4 is 34.4 Å². The first-order chi connectivity index (χ1) is 12.2. The van der Waals surface area contributed by atoms with Gasteiger partial charge in [-0.2, -0.15) is 4.68 Å². The van der Waals surface area contributed by atoms with Crippen molar-refractivity contribution in [2.75, 3.05) is 5.32 Å². The van der Waals surface area contributed by atoms with Crippen LogP contribution in [0.15, 0.2) is 66.9 Å². The number of pyridine rings is 1. The zero-order chi connectivity index (χ0) is 17.2. The summed E-state index contributed by atoms with van der Waals surface area (Å²) in [6.45, 7) is 0. The van der Waals surface area contributed by atoms with Gasteiger partial charge in [0.1, 0.15) is 5.52 Å². The zero-order valence-electron chi connectivity index (χ0n) is 12.9. The lowest BCUT2D eigenvalue weighted by atomic mass is 10.2. The average molecular weight is 350 g/mol. The number of para-hydroxylation sites is 1. The Hall–Kier alpha value is -3.25. The second kappa shape index (κ2) is 6.33. The molecule has 6 nitrogen and oxygen atoms in total. The van der Waals surface area contributed by atoms with Crippen molar-refractivity contribution < 1.29 is 4.79 Å². The molecule has 1 amide bonds. The van der Waals surface area contributed by atoms with Gasteiger partial charge in [0.15, 0.2) is 5.65 Å². The molecule has 0 atom stereocenters. The summed E-state index contributed by atoms with van der Waals surface area (Å²) < 4.78 is 1.63. The van der Waals surface area contributed by atoms with E-state index in [0.29, 0.717) is 27.4 Å². The fourth-order valence-electron chi connectivity index (χ4n) is 2.45. The van der Waals surface area contributed by atoms with Crippen molar-refractivity contribution in [3.63, 3.8) is 0 Å². The van der Waals surface area contributed by atoms with Gasteiger partial charge in [0.05, 0.1) is 16.4 Å². The van der Waals surface area contributed by atoms with E-state index >= 15 is 0 Å². The SMILES string of the molecule is O=C(Nc1ccccc1Cl)c1ccc(-n2nnc3cccnc32)cc1. The molecule has 25 heavy (non-hydrogen) atoms. The summed E-state index contributed by atoms with van der Waals surface area (Å²) in [4.78, 5) is 16.6. The highest BCUT2D eigenvalue weighted by molar-refractivity contribution is 6.33. The molecule has 0 aliphatic heterocycles. The van der Waals surface area contributed by atoms with Crippen molar-refractivity contribution in [1.82, 2.24) is 20.0 Å². The normalized spacial score (nSPS) is 10.8. The number of hydrogen-bond acceptors (Lipinski definition) is 4. The summed E-state index contributed by atoms with van der Waals surface area (Å²) >= 11 is 6.06. The van der Waals surface area contributed by atoms with Gasteiger partial charge in [-0.05, 0) is 48.5 Å². The fourth-order valence-corrected chi connectivity index (χ4v) is 2.63.